The zero-order chi connectivity index (χ0) is 11.0. The van der Waals surface area contributed by atoms with Crippen LogP contribution in [0.4, 0.5) is 0 Å². The molecule has 0 aromatic rings. The molecule has 0 aromatic heterocycles. The van der Waals surface area contributed by atoms with Crippen molar-refractivity contribution >= 4 is 5.91 Å². The van der Waals surface area contributed by atoms with Crippen molar-refractivity contribution in [1.29, 1.82) is 0 Å². The van der Waals surface area contributed by atoms with Crippen LogP contribution in [0, 0.1) is 17.8 Å². The number of hydrogen-bond donors (Lipinski definition) is 0. The fourth-order valence-electron chi connectivity index (χ4n) is 1.56. The number of rotatable bonds is 0. The zero-order valence-electron chi connectivity index (χ0n) is 9.76. The van der Waals surface area contributed by atoms with E-state index in [-0.39, 0.29) is 5.91 Å². The molecule has 1 unspecified atom stereocenters. The first-order valence-corrected chi connectivity index (χ1v) is 5.45. The van der Waals surface area contributed by atoms with Gasteiger partial charge in [-0.2, -0.15) is 0 Å². The molecule has 1 atom stereocenters. The lowest BCUT2D eigenvalue weighted by Gasteiger charge is -2.29. The van der Waals surface area contributed by atoms with E-state index in [9.17, 15) is 4.79 Å². The molecule has 80 valence electrons. The van der Waals surface area contributed by atoms with Gasteiger partial charge in [0, 0.05) is 13.1 Å². The highest BCUT2D eigenvalue weighted by atomic mass is 16.2. The van der Waals surface area contributed by atoms with Crippen molar-refractivity contribution in [1.82, 2.24) is 4.90 Å². The van der Waals surface area contributed by atoms with E-state index in [1.807, 2.05) is 18.7 Å². The second-order valence-corrected chi connectivity index (χ2v) is 3.37. The van der Waals surface area contributed by atoms with E-state index >= 15 is 0 Å². The fourth-order valence-corrected chi connectivity index (χ4v) is 1.56. The highest BCUT2D eigenvalue weighted by Gasteiger charge is 2.18. The summed E-state index contributed by atoms with van der Waals surface area (Å²) < 4.78 is 0. The molecule has 1 aliphatic rings. The van der Waals surface area contributed by atoms with Gasteiger partial charge >= 0.3 is 0 Å². The second kappa shape index (κ2) is 7.44. The van der Waals surface area contributed by atoms with E-state index in [1.165, 1.54) is 6.42 Å². The van der Waals surface area contributed by atoms with Gasteiger partial charge in [0.1, 0.15) is 0 Å². The molecule has 0 aliphatic carbocycles. The zero-order valence-corrected chi connectivity index (χ0v) is 9.76. The molecule has 0 aromatic carbocycles. The maximum absolute atomic E-state index is 11.3. The van der Waals surface area contributed by atoms with Gasteiger partial charge in [0.2, 0.25) is 0 Å². The molecule has 1 aliphatic heterocycles. The summed E-state index contributed by atoms with van der Waals surface area (Å²) >= 11 is 0. The Morgan fingerprint density at radius 3 is 2.57 bits per heavy atom. The highest BCUT2D eigenvalue weighted by Crippen LogP contribution is 2.14. The molecular formula is C12H21NO. The second-order valence-electron chi connectivity index (χ2n) is 3.37. The van der Waals surface area contributed by atoms with E-state index in [0.29, 0.717) is 5.92 Å². The third-order valence-corrected chi connectivity index (χ3v) is 2.18. The van der Waals surface area contributed by atoms with Gasteiger partial charge in [-0.1, -0.05) is 26.7 Å². The Bertz CT molecular complexity index is 224. The van der Waals surface area contributed by atoms with Gasteiger partial charge in [-0.25, -0.2) is 0 Å². The minimum Gasteiger partial charge on any atom is -0.332 e. The van der Waals surface area contributed by atoms with E-state index < -0.39 is 0 Å². The first kappa shape index (κ1) is 13.0. The number of carbonyl (C=O) groups excluding carboxylic acids is 1. The summed E-state index contributed by atoms with van der Waals surface area (Å²) in [4.78, 5) is 13.1. The van der Waals surface area contributed by atoms with Gasteiger partial charge in [-0.05, 0) is 31.6 Å². The normalized spacial score (nSPS) is 20.0. The van der Waals surface area contributed by atoms with Crippen LogP contribution in [-0.2, 0) is 4.79 Å². The lowest BCUT2D eigenvalue weighted by Crippen LogP contribution is -2.38. The Labute approximate surface area is 87.7 Å². The molecule has 1 fully saturated rings. The summed E-state index contributed by atoms with van der Waals surface area (Å²) in [6, 6.07) is 0. The van der Waals surface area contributed by atoms with Gasteiger partial charge in [0.25, 0.3) is 5.91 Å². The summed E-state index contributed by atoms with van der Waals surface area (Å²) in [6.45, 7) is 9.65. The minimum absolute atomic E-state index is 0.0101. The monoisotopic (exact) mass is 195 g/mol. The summed E-state index contributed by atoms with van der Waals surface area (Å²) in [5, 5.41) is 0. The molecule has 1 rings (SSSR count). The predicted octanol–water partition coefficient (Wildman–Crippen LogP) is 2.29. The summed E-state index contributed by atoms with van der Waals surface area (Å²) in [6.07, 6.45) is 2.36. The summed E-state index contributed by atoms with van der Waals surface area (Å²) in [5.41, 5.74) is 0. The van der Waals surface area contributed by atoms with E-state index in [4.69, 9.17) is 0 Å². The van der Waals surface area contributed by atoms with Crippen LogP contribution in [0.3, 0.4) is 0 Å². The Morgan fingerprint density at radius 1 is 1.43 bits per heavy atom. The van der Waals surface area contributed by atoms with Crippen LogP contribution in [0.1, 0.15) is 40.5 Å². The molecule has 1 heterocycles. The standard InChI is InChI=1S/C10H15NO.C2H6/c1-3-5-10(12)11-7-4-6-9(2)8-11;1-2/h9H,4,6-8H2,1-2H3;1-2H3. The van der Waals surface area contributed by atoms with Crippen molar-refractivity contribution in [3.05, 3.63) is 0 Å². The van der Waals surface area contributed by atoms with Crippen molar-refractivity contribution in [3.8, 4) is 11.8 Å². The Balaban J connectivity index is 0.000000791. The Kier molecular flexibility index (Phi) is 6.92. The first-order chi connectivity index (χ1) is 6.74. The van der Waals surface area contributed by atoms with Crippen molar-refractivity contribution in [2.45, 2.75) is 40.5 Å². The Hall–Kier alpha value is -0.970. The molecule has 2 nitrogen and oxygen atoms in total. The lowest BCUT2D eigenvalue weighted by atomic mass is 10.0. The largest absolute Gasteiger partial charge is 0.332 e. The molecule has 1 saturated heterocycles. The number of likely N-dealkylation sites (tertiary alicyclic amines) is 1. The van der Waals surface area contributed by atoms with E-state index in [0.717, 1.165) is 19.5 Å². The number of carbonyl (C=O) groups is 1. The molecule has 0 spiro atoms. The van der Waals surface area contributed by atoms with E-state index in [2.05, 4.69) is 18.8 Å². The quantitative estimate of drug-likeness (QED) is 0.543. The van der Waals surface area contributed by atoms with Gasteiger partial charge < -0.3 is 4.90 Å². The lowest BCUT2D eigenvalue weighted by molar-refractivity contribution is -0.126. The molecular weight excluding hydrogens is 174 g/mol. The average molecular weight is 195 g/mol. The maximum Gasteiger partial charge on any atom is 0.298 e. The molecule has 0 bridgehead atoms. The van der Waals surface area contributed by atoms with Crippen molar-refractivity contribution < 1.29 is 4.79 Å². The molecule has 0 N–H and O–H groups in total. The summed E-state index contributed by atoms with van der Waals surface area (Å²) in [7, 11) is 0. The average Bonchev–Trinajstić information content (AvgIpc) is 2.21. The highest BCUT2D eigenvalue weighted by molar-refractivity contribution is 5.93. The van der Waals surface area contributed by atoms with Crippen molar-refractivity contribution in [3.63, 3.8) is 0 Å². The van der Waals surface area contributed by atoms with Crippen LogP contribution in [0.25, 0.3) is 0 Å². The van der Waals surface area contributed by atoms with Crippen LogP contribution in [-0.4, -0.2) is 23.9 Å². The van der Waals surface area contributed by atoms with Crippen LogP contribution < -0.4 is 0 Å². The number of hydrogen-bond acceptors (Lipinski definition) is 1. The predicted molar refractivity (Wildman–Crippen MR) is 59.8 cm³/mol. The van der Waals surface area contributed by atoms with Crippen LogP contribution in [0.2, 0.25) is 0 Å². The molecule has 2 heteroatoms. The number of nitrogens with zero attached hydrogens (tertiary/aromatic N) is 1. The van der Waals surface area contributed by atoms with Crippen molar-refractivity contribution in [2.24, 2.45) is 5.92 Å². The van der Waals surface area contributed by atoms with E-state index in [1.54, 1.807) is 6.92 Å². The molecule has 0 radical (unpaired) electrons. The topological polar surface area (TPSA) is 20.3 Å². The first-order valence-electron chi connectivity index (χ1n) is 5.45. The third kappa shape index (κ3) is 4.32. The Morgan fingerprint density at radius 2 is 2.07 bits per heavy atom. The number of piperidine rings is 1. The molecule has 0 saturated carbocycles. The number of amides is 1. The summed E-state index contributed by atoms with van der Waals surface area (Å²) in [5.74, 6) is 5.84. The van der Waals surface area contributed by atoms with Crippen LogP contribution in [0.5, 0.6) is 0 Å². The van der Waals surface area contributed by atoms with Gasteiger partial charge in [-0.15, -0.1) is 0 Å². The smallest absolute Gasteiger partial charge is 0.298 e. The molecule has 1 amide bonds. The van der Waals surface area contributed by atoms with Crippen LogP contribution in [0.15, 0.2) is 0 Å². The van der Waals surface area contributed by atoms with Crippen molar-refractivity contribution in [2.75, 3.05) is 13.1 Å². The SMILES string of the molecule is CC.CC#CC(=O)N1CCCC(C)C1. The fraction of sp³-hybridized carbons (Fsp3) is 0.750. The molecule has 14 heavy (non-hydrogen) atoms. The van der Waals surface area contributed by atoms with Crippen LogP contribution >= 0.6 is 0 Å². The minimum atomic E-state index is -0.0101. The third-order valence-electron chi connectivity index (χ3n) is 2.18. The van der Waals surface area contributed by atoms with Gasteiger partial charge in [0.05, 0.1) is 0 Å². The van der Waals surface area contributed by atoms with Gasteiger partial charge in [-0.3, -0.25) is 4.79 Å². The maximum atomic E-state index is 11.3. The van der Waals surface area contributed by atoms with Gasteiger partial charge in [0.15, 0.2) is 0 Å².